The third-order valence-electron chi connectivity index (χ3n) is 4.69. The fourth-order valence-corrected chi connectivity index (χ4v) is 3.52. The molecular formula is C17H25NO3. The number of hydrogen-bond acceptors (Lipinski definition) is 4. The molecule has 116 valence electrons. The van der Waals surface area contributed by atoms with Crippen molar-refractivity contribution in [3.63, 3.8) is 0 Å². The van der Waals surface area contributed by atoms with Crippen LogP contribution in [-0.2, 0) is 25.4 Å². The molecule has 1 fully saturated rings. The summed E-state index contributed by atoms with van der Waals surface area (Å²) in [6, 6.07) is 8.56. The highest BCUT2D eigenvalue weighted by Crippen LogP contribution is 2.50. The Hall–Kier alpha value is -0.940. The van der Waals surface area contributed by atoms with E-state index in [0.717, 1.165) is 6.42 Å². The van der Waals surface area contributed by atoms with Gasteiger partial charge in [-0.3, -0.25) is 4.84 Å². The van der Waals surface area contributed by atoms with Crippen molar-refractivity contribution in [3.8, 4) is 0 Å². The zero-order valence-electron chi connectivity index (χ0n) is 13.6. The van der Waals surface area contributed by atoms with Gasteiger partial charge in [0.2, 0.25) is 0 Å². The molecule has 0 aliphatic carbocycles. The number of rotatable bonds is 2. The van der Waals surface area contributed by atoms with Gasteiger partial charge in [-0.15, -0.1) is 0 Å². The van der Waals surface area contributed by atoms with Crippen LogP contribution in [0, 0.1) is 0 Å². The summed E-state index contributed by atoms with van der Waals surface area (Å²) in [6.45, 7) is 11.7. The van der Waals surface area contributed by atoms with Gasteiger partial charge in [-0.05, 0) is 45.7 Å². The summed E-state index contributed by atoms with van der Waals surface area (Å²) in [5, 5.41) is 2.09. The maximum atomic E-state index is 6.38. The van der Waals surface area contributed by atoms with Crippen molar-refractivity contribution >= 4 is 0 Å². The zero-order chi connectivity index (χ0) is 15.3. The number of nitrogens with zero attached hydrogens (tertiary/aromatic N) is 1. The highest BCUT2D eigenvalue weighted by Gasteiger charge is 2.52. The highest BCUT2D eigenvalue weighted by atomic mass is 16.8. The molecule has 2 aliphatic rings. The lowest BCUT2D eigenvalue weighted by Crippen LogP contribution is -2.53. The summed E-state index contributed by atoms with van der Waals surface area (Å²) in [7, 11) is 0. The lowest BCUT2D eigenvalue weighted by Gasteiger charge is -2.45. The molecule has 0 spiro atoms. The average molecular weight is 291 g/mol. The second kappa shape index (κ2) is 4.78. The van der Waals surface area contributed by atoms with E-state index in [1.165, 1.54) is 11.1 Å². The molecule has 1 unspecified atom stereocenters. The van der Waals surface area contributed by atoms with Crippen LogP contribution in [0.1, 0.15) is 52.2 Å². The van der Waals surface area contributed by atoms with E-state index in [-0.39, 0.29) is 17.9 Å². The van der Waals surface area contributed by atoms with Gasteiger partial charge < -0.3 is 9.47 Å². The maximum Gasteiger partial charge on any atom is 0.190 e. The topological polar surface area (TPSA) is 30.9 Å². The van der Waals surface area contributed by atoms with Crippen LogP contribution in [0.5, 0.6) is 0 Å². The molecule has 2 heterocycles. The van der Waals surface area contributed by atoms with Gasteiger partial charge in [0.05, 0.1) is 17.7 Å². The van der Waals surface area contributed by atoms with Gasteiger partial charge >= 0.3 is 0 Å². The van der Waals surface area contributed by atoms with Crippen LogP contribution in [0.3, 0.4) is 0 Å². The van der Waals surface area contributed by atoms with E-state index in [1.54, 1.807) is 0 Å². The van der Waals surface area contributed by atoms with Gasteiger partial charge in [-0.25, -0.2) is 0 Å². The van der Waals surface area contributed by atoms with E-state index in [0.29, 0.717) is 6.61 Å². The van der Waals surface area contributed by atoms with Crippen LogP contribution in [0.25, 0.3) is 0 Å². The SMILES string of the molecule is CC1(ON2C(C)(C)c3ccccc3C2(C)C)CCOCO1. The molecule has 1 aromatic rings. The molecule has 1 atom stereocenters. The Morgan fingerprint density at radius 1 is 1.00 bits per heavy atom. The van der Waals surface area contributed by atoms with Crippen molar-refractivity contribution in [3.05, 3.63) is 35.4 Å². The van der Waals surface area contributed by atoms with Crippen LogP contribution in [-0.4, -0.2) is 24.3 Å². The lowest BCUT2D eigenvalue weighted by atomic mass is 9.91. The van der Waals surface area contributed by atoms with E-state index >= 15 is 0 Å². The molecule has 21 heavy (non-hydrogen) atoms. The summed E-state index contributed by atoms with van der Waals surface area (Å²) in [5.74, 6) is -0.630. The fraction of sp³-hybridized carbons (Fsp3) is 0.647. The second-order valence-corrected chi connectivity index (χ2v) is 7.10. The van der Waals surface area contributed by atoms with Crippen LogP contribution < -0.4 is 0 Å². The molecule has 0 bridgehead atoms. The average Bonchev–Trinajstić information content (AvgIpc) is 2.59. The van der Waals surface area contributed by atoms with Gasteiger partial charge in [0.25, 0.3) is 0 Å². The van der Waals surface area contributed by atoms with Gasteiger partial charge in [0, 0.05) is 6.42 Å². The monoisotopic (exact) mass is 291 g/mol. The summed E-state index contributed by atoms with van der Waals surface area (Å²) in [4.78, 5) is 6.38. The molecule has 0 N–H and O–H groups in total. The lowest BCUT2D eigenvalue weighted by molar-refractivity contribution is -0.414. The maximum absolute atomic E-state index is 6.38. The Labute approximate surface area is 126 Å². The first-order chi connectivity index (χ1) is 9.77. The molecule has 0 radical (unpaired) electrons. The van der Waals surface area contributed by atoms with E-state index in [4.69, 9.17) is 14.3 Å². The minimum atomic E-state index is -0.630. The molecule has 4 heteroatoms. The van der Waals surface area contributed by atoms with E-state index in [2.05, 4.69) is 57.0 Å². The predicted octanol–water partition coefficient (Wildman–Crippen LogP) is 3.51. The first kappa shape index (κ1) is 15.0. The number of ether oxygens (including phenoxy) is 2. The van der Waals surface area contributed by atoms with E-state index in [1.807, 2.05) is 6.92 Å². The fourth-order valence-electron chi connectivity index (χ4n) is 3.52. The third kappa shape index (κ3) is 2.30. The standard InChI is InChI=1S/C17H25NO3/c1-15(2)13-8-6-7-9-14(13)16(3,4)18(15)21-17(5)10-11-19-12-20-17/h6-9H,10-12H2,1-5H3. The summed E-state index contributed by atoms with van der Waals surface area (Å²) >= 11 is 0. The zero-order valence-corrected chi connectivity index (χ0v) is 13.6. The third-order valence-corrected chi connectivity index (χ3v) is 4.69. The van der Waals surface area contributed by atoms with Crippen molar-refractivity contribution in [2.45, 2.75) is 57.9 Å². The number of hydrogen-bond donors (Lipinski definition) is 0. The van der Waals surface area contributed by atoms with Gasteiger partial charge in [0.15, 0.2) is 5.79 Å². The highest BCUT2D eigenvalue weighted by molar-refractivity contribution is 5.42. The van der Waals surface area contributed by atoms with Crippen molar-refractivity contribution in [2.24, 2.45) is 0 Å². The molecule has 1 saturated heterocycles. The smallest absolute Gasteiger partial charge is 0.190 e. The molecule has 1 aromatic carbocycles. The van der Waals surface area contributed by atoms with E-state index in [9.17, 15) is 0 Å². The van der Waals surface area contributed by atoms with Crippen molar-refractivity contribution < 1.29 is 14.3 Å². The van der Waals surface area contributed by atoms with Gasteiger partial charge in [-0.2, -0.15) is 5.06 Å². The minimum absolute atomic E-state index is 0.204. The first-order valence-electron chi connectivity index (χ1n) is 7.58. The predicted molar refractivity (Wildman–Crippen MR) is 80.3 cm³/mol. The molecule has 2 aliphatic heterocycles. The minimum Gasteiger partial charge on any atom is -0.355 e. The normalized spacial score (nSPS) is 31.1. The van der Waals surface area contributed by atoms with E-state index < -0.39 is 5.79 Å². The summed E-state index contributed by atoms with van der Waals surface area (Å²) in [5.41, 5.74) is 2.21. The number of fused-ring (bicyclic) bond motifs is 1. The second-order valence-electron chi connectivity index (χ2n) is 7.10. The van der Waals surface area contributed by atoms with Crippen LogP contribution >= 0.6 is 0 Å². The van der Waals surface area contributed by atoms with Crippen LogP contribution in [0.15, 0.2) is 24.3 Å². The Kier molecular flexibility index (Phi) is 3.41. The Balaban J connectivity index is 1.96. The number of hydroxylamine groups is 2. The first-order valence-corrected chi connectivity index (χ1v) is 7.58. The summed E-state index contributed by atoms with van der Waals surface area (Å²) < 4.78 is 11.0. The number of benzene rings is 1. The van der Waals surface area contributed by atoms with Crippen molar-refractivity contribution in [1.29, 1.82) is 0 Å². The Morgan fingerprint density at radius 3 is 2.05 bits per heavy atom. The quantitative estimate of drug-likeness (QED) is 0.834. The van der Waals surface area contributed by atoms with Gasteiger partial charge in [-0.1, -0.05) is 24.3 Å². The Morgan fingerprint density at radius 2 is 1.57 bits per heavy atom. The molecule has 0 aromatic heterocycles. The van der Waals surface area contributed by atoms with Crippen LogP contribution in [0.2, 0.25) is 0 Å². The van der Waals surface area contributed by atoms with Crippen molar-refractivity contribution in [2.75, 3.05) is 13.4 Å². The van der Waals surface area contributed by atoms with Crippen molar-refractivity contribution in [1.82, 2.24) is 5.06 Å². The Bertz CT molecular complexity index is 498. The molecular weight excluding hydrogens is 266 g/mol. The molecule has 4 nitrogen and oxygen atoms in total. The van der Waals surface area contributed by atoms with Gasteiger partial charge in [0.1, 0.15) is 6.79 Å². The molecule has 3 rings (SSSR count). The summed E-state index contributed by atoms with van der Waals surface area (Å²) in [6.07, 6.45) is 0.728. The van der Waals surface area contributed by atoms with Crippen LogP contribution in [0.4, 0.5) is 0 Å². The molecule has 0 saturated carbocycles. The largest absolute Gasteiger partial charge is 0.355 e. The molecule has 0 amide bonds.